The number of carbonyl (C=O) groups is 1. The molecule has 0 atom stereocenters. The van der Waals surface area contributed by atoms with Crippen LogP contribution in [0.3, 0.4) is 0 Å². The second-order valence-electron chi connectivity index (χ2n) is 3.84. The number of hydrogen-bond acceptors (Lipinski definition) is 3. The summed E-state index contributed by atoms with van der Waals surface area (Å²) in [5.41, 5.74) is 0. The number of aliphatic hydroxyl groups excluding tert-OH is 1. The Hall–Kier alpha value is -0.610. The minimum atomic E-state index is 0.152. The van der Waals surface area contributed by atoms with Crippen molar-refractivity contribution in [3.8, 4) is 0 Å². The number of aliphatic hydroxyl groups is 1. The number of rotatable bonds is 7. The zero-order valence-electron chi connectivity index (χ0n) is 9.49. The quantitative estimate of drug-likeness (QED) is 0.598. The summed E-state index contributed by atoms with van der Waals surface area (Å²) in [4.78, 5) is 15.1. The summed E-state index contributed by atoms with van der Waals surface area (Å²) in [7, 11) is 5.60. The molecule has 1 amide bonds. The molecular weight excluding hydrogens is 180 g/mol. The Bertz CT molecular complexity index is 160. The van der Waals surface area contributed by atoms with Crippen LogP contribution in [0.2, 0.25) is 0 Å². The molecule has 0 aromatic carbocycles. The highest BCUT2D eigenvalue weighted by Gasteiger charge is 2.08. The van der Waals surface area contributed by atoms with Gasteiger partial charge in [0, 0.05) is 20.2 Å². The average Bonchev–Trinajstić information content (AvgIpc) is 2.11. The van der Waals surface area contributed by atoms with Crippen molar-refractivity contribution >= 4 is 5.91 Å². The van der Waals surface area contributed by atoms with Gasteiger partial charge in [0.1, 0.15) is 0 Å². The Kier molecular flexibility index (Phi) is 7.42. The third-order valence-corrected chi connectivity index (χ3v) is 2.03. The molecule has 0 aliphatic carbocycles. The molecule has 0 radical (unpaired) electrons. The van der Waals surface area contributed by atoms with Gasteiger partial charge in [0.25, 0.3) is 0 Å². The van der Waals surface area contributed by atoms with Gasteiger partial charge in [-0.3, -0.25) is 4.79 Å². The Morgan fingerprint density at radius 1 is 1.14 bits per heavy atom. The number of carbonyl (C=O) groups excluding carboxylic acids is 1. The zero-order chi connectivity index (χ0) is 11.0. The summed E-state index contributed by atoms with van der Waals surface area (Å²) in [6.45, 7) is 1.50. The fraction of sp³-hybridized carbons (Fsp3) is 0.900. The first kappa shape index (κ1) is 13.4. The molecule has 4 nitrogen and oxygen atoms in total. The van der Waals surface area contributed by atoms with Crippen LogP contribution in [0.15, 0.2) is 0 Å². The topological polar surface area (TPSA) is 43.8 Å². The Morgan fingerprint density at radius 3 is 2.29 bits per heavy atom. The van der Waals surface area contributed by atoms with Crippen LogP contribution in [-0.2, 0) is 4.79 Å². The molecule has 0 saturated heterocycles. The Labute approximate surface area is 86.5 Å². The first-order valence-corrected chi connectivity index (χ1v) is 5.07. The highest BCUT2D eigenvalue weighted by atomic mass is 16.2. The van der Waals surface area contributed by atoms with Crippen molar-refractivity contribution in [3.63, 3.8) is 0 Å². The average molecular weight is 202 g/mol. The van der Waals surface area contributed by atoms with Gasteiger partial charge < -0.3 is 14.9 Å². The molecule has 0 rings (SSSR count). The van der Waals surface area contributed by atoms with E-state index in [1.54, 1.807) is 4.90 Å². The molecular formula is C10H22N2O2. The lowest BCUT2D eigenvalue weighted by Crippen LogP contribution is -2.35. The molecule has 14 heavy (non-hydrogen) atoms. The predicted octanol–water partition coefficient (Wildman–Crippen LogP) is 0.169. The molecule has 0 bridgehead atoms. The normalized spacial score (nSPS) is 10.6. The largest absolute Gasteiger partial charge is 0.396 e. The number of likely N-dealkylation sites (N-methyl/N-ethyl adjacent to an activating group) is 2. The predicted molar refractivity (Wildman–Crippen MR) is 57.1 cm³/mol. The molecule has 1 N–H and O–H groups in total. The van der Waals surface area contributed by atoms with E-state index >= 15 is 0 Å². The molecule has 84 valence electrons. The SMILES string of the molecule is CN(C)CC(=O)N(C)CCCCCO. The van der Waals surface area contributed by atoms with Crippen molar-refractivity contribution in [1.82, 2.24) is 9.80 Å². The van der Waals surface area contributed by atoms with Gasteiger partial charge in [-0.2, -0.15) is 0 Å². The van der Waals surface area contributed by atoms with Crippen molar-refractivity contribution < 1.29 is 9.90 Å². The summed E-state index contributed by atoms with van der Waals surface area (Å²) in [5, 5.41) is 8.57. The van der Waals surface area contributed by atoms with Crippen LogP contribution in [0.1, 0.15) is 19.3 Å². The smallest absolute Gasteiger partial charge is 0.236 e. The molecule has 0 aromatic rings. The van der Waals surface area contributed by atoms with E-state index in [1.807, 2.05) is 26.0 Å². The second-order valence-corrected chi connectivity index (χ2v) is 3.84. The molecule has 4 heteroatoms. The maximum Gasteiger partial charge on any atom is 0.236 e. The standard InChI is InChI=1S/C10H22N2O2/c1-11(2)9-10(14)12(3)7-5-4-6-8-13/h13H,4-9H2,1-3H3. The van der Waals surface area contributed by atoms with E-state index in [0.717, 1.165) is 25.8 Å². The monoisotopic (exact) mass is 202 g/mol. The Morgan fingerprint density at radius 2 is 1.79 bits per heavy atom. The maximum absolute atomic E-state index is 11.5. The van der Waals surface area contributed by atoms with E-state index in [1.165, 1.54) is 0 Å². The van der Waals surface area contributed by atoms with Gasteiger partial charge in [-0.1, -0.05) is 0 Å². The minimum absolute atomic E-state index is 0.152. The van der Waals surface area contributed by atoms with Crippen molar-refractivity contribution in [3.05, 3.63) is 0 Å². The van der Waals surface area contributed by atoms with E-state index in [2.05, 4.69) is 0 Å². The van der Waals surface area contributed by atoms with Crippen LogP contribution < -0.4 is 0 Å². The van der Waals surface area contributed by atoms with Crippen LogP contribution in [0.4, 0.5) is 0 Å². The van der Waals surface area contributed by atoms with Crippen molar-refractivity contribution in [2.45, 2.75) is 19.3 Å². The van der Waals surface area contributed by atoms with Crippen LogP contribution >= 0.6 is 0 Å². The summed E-state index contributed by atoms with van der Waals surface area (Å²) < 4.78 is 0. The van der Waals surface area contributed by atoms with Gasteiger partial charge in [-0.05, 0) is 33.4 Å². The molecule has 0 aliphatic heterocycles. The van der Waals surface area contributed by atoms with Gasteiger partial charge in [0.05, 0.1) is 6.54 Å². The molecule has 0 saturated carbocycles. The molecule has 0 aromatic heterocycles. The van der Waals surface area contributed by atoms with E-state index < -0.39 is 0 Å². The van der Waals surface area contributed by atoms with Crippen LogP contribution in [0, 0.1) is 0 Å². The fourth-order valence-electron chi connectivity index (χ4n) is 1.15. The van der Waals surface area contributed by atoms with Crippen LogP contribution in [-0.4, -0.2) is 61.7 Å². The van der Waals surface area contributed by atoms with Gasteiger partial charge in [0.2, 0.25) is 5.91 Å². The summed E-state index contributed by atoms with van der Waals surface area (Å²) in [5.74, 6) is 0.152. The lowest BCUT2D eigenvalue weighted by atomic mass is 10.2. The molecule has 0 spiro atoms. The summed E-state index contributed by atoms with van der Waals surface area (Å²) in [6.07, 6.45) is 2.78. The van der Waals surface area contributed by atoms with E-state index in [-0.39, 0.29) is 12.5 Å². The lowest BCUT2D eigenvalue weighted by Gasteiger charge is -2.19. The van der Waals surface area contributed by atoms with Crippen molar-refractivity contribution in [2.24, 2.45) is 0 Å². The fourth-order valence-corrected chi connectivity index (χ4v) is 1.15. The van der Waals surface area contributed by atoms with Gasteiger partial charge in [-0.25, -0.2) is 0 Å². The lowest BCUT2D eigenvalue weighted by molar-refractivity contribution is -0.130. The molecule has 0 aliphatic rings. The number of unbranched alkanes of at least 4 members (excludes halogenated alkanes) is 2. The third kappa shape index (κ3) is 6.86. The number of amides is 1. The molecule has 0 unspecified atom stereocenters. The summed E-state index contributed by atoms with van der Waals surface area (Å²) in [6, 6.07) is 0. The highest BCUT2D eigenvalue weighted by Crippen LogP contribution is 1.97. The van der Waals surface area contributed by atoms with Crippen molar-refractivity contribution in [1.29, 1.82) is 0 Å². The van der Waals surface area contributed by atoms with Gasteiger partial charge in [0.15, 0.2) is 0 Å². The zero-order valence-corrected chi connectivity index (χ0v) is 9.49. The highest BCUT2D eigenvalue weighted by molar-refractivity contribution is 5.77. The van der Waals surface area contributed by atoms with Gasteiger partial charge in [-0.15, -0.1) is 0 Å². The van der Waals surface area contributed by atoms with E-state index in [0.29, 0.717) is 6.54 Å². The van der Waals surface area contributed by atoms with Crippen LogP contribution in [0.25, 0.3) is 0 Å². The minimum Gasteiger partial charge on any atom is -0.396 e. The van der Waals surface area contributed by atoms with Crippen LogP contribution in [0.5, 0.6) is 0 Å². The Balaban J connectivity index is 3.52. The third-order valence-electron chi connectivity index (χ3n) is 2.03. The first-order chi connectivity index (χ1) is 6.57. The van der Waals surface area contributed by atoms with Gasteiger partial charge >= 0.3 is 0 Å². The molecule has 0 heterocycles. The van der Waals surface area contributed by atoms with Crippen molar-refractivity contribution in [2.75, 3.05) is 40.8 Å². The number of nitrogens with zero attached hydrogens (tertiary/aromatic N) is 2. The number of hydrogen-bond donors (Lipinski definition) is 1. The summed E-state index contributed by atoms with van der Waals surface area (Å²) >= 11 is 0. The first-order valence-electron chi connectivity index (χ1n) is 5.07. The van der Waals surface area contributed by atoms with E-state index in [9.17, 15) is 4.79 Å². The maximum atomic E-state index is 11.5. The molecule has 0 fully saturated rings. The second kappa shape index (κ2) is 7.76. The van der Waals surface area contributed by atoms with E-state index in [4.69, 9.17) is 5.11 Å².